The smallest absolute Gasteiger partial charge is 0.406 e. The summed E-state index contributed by atoms with van der Waals surface area (Å²) in [5.74, 6) is 1.16. The number of H-pyrrole nitrogens is 1. The highest BCUT2D eigenvalue weighted by Crippen LogP contribution is 2.34. The number of piperidine rings is 2. The van der Waals surface area contributed by atoms with Crippen LogP contribution in [0.15, 0.2) is 36.5 Å². The summed E-state index contributed by atoms with van der Waals surface area (Å²) in [5.41, 5.74) is 3.25. The Morgan fingerprint density at radius 2 is 1.71 bits per heavy atom. The minimum absolute atomic E-state index is 0.188. The Balaban J connectivity index is 1.25. The number of imidazole rings is 1. The molecule has 10 heteroatoms. The number of pyridine rings is 1. The van der Waals surface area contributed by atoms with Crippen molar-refractivity contribution >= 4 is 17.1 Å². The molecule has 0 bridgehead atoms. The summed E-state index contributed by atoms with van der Waals surface area (Å²) >= 11 is 0. The van der Waals surface area contributed by atoms with Gasteiger partial charge in [-0.3, -0.25) is 4.79 Å². The van der Waals surface area contributed by atoms with Crippen molar-refractivity contribution in [2.75, 3.05) is 26.2 Å². The molecule has 0 radical (unpaired) electrons. The third-order valence-corrected chi connectivity index (χ3v) is 6.73. The van der Waals surface area contributed by atoms with Gasteiger partial charge in [0.05, 0.1) is 5.52 Å². The molecule has 4 heterocycles. The summed E-state index contributed by atoms with van der Waals surface area (Å²) in [7, 11) is 0. The van der Waals surface area contributed by atoms with Gasteiger partial charge in [0.2, 0.25) is 0 Å². The second-order valence-electron chi connectivity index (χ2n) is 8.88. The maximum Gasteiger partial charge on any atom is 0.573 e. The summed E-state index contributed by atoms with van der Waals surface area (Å²) in [6.45, 7) is 3.13. The fourth-order valence-electron chi connectivity index (χ4n) is 4.95. The first kappa shape index (κ1) is 22.6. The summed E-state index contributed by atoms with van der Waals surface area (Å²) in [4.78, 5) is 27.4. The zero-order valence-electron chi connectivity index (χ0n) is 18.6. The van der Waals surface area contributed by atoms with Crippen molar-refractivity contribution in [2.45, 2.75) is 43.9 Å². The number of halogens is 3. The lowest BCUT2D eigenvalue weighted by Gasteiger charge is -2.32. The maximum absolute atomic E-state index is 12.9. The van der Waals surface area contributed by atoms with E-state index >= 15 is 0 Å². The van der Waals surface area contributed by atoms with E-state index < -0.39 is 6.36 Å². The first-order valence-corrected chi connectivity index (χ1v) is 11.6. The molecule has 34 heavy (non-hydrogen) atoms. The number of aromatic nitrogens is 3. The molecule has 1 aromatic carbocycles. The number of ether oxygens (including phenoxy) is 1. The first-order chi connectivity index (χ1) is 16.4. The molecule has 0 saturated carbocycles. The second kappa shape index (κ2) is 9.25. The molecule has 0 aliphatic carbocycles. The molecular formula is C24H26F3N5O2. The lowest BCUT2D eigenvalue weighted by molar-refractivity contribution is -0.274. The van der Waals surface area contributed by atoms with Gasteiger partial charge >= 0.3 is 6.36 Å². The molecule has 3 aromatic rings. The SMILES string of the molecule is O=C(c1ccc(OC(F)(F)F)cc1)N1CCC(c2ccnc3nc(C4CCNCC4)[nH]c23)CC1. The number of carbonyl (C=O) groups is 1. The molecule has 2 aliphatic heterocycles. The van der Waals surface area contributed by atoms with Crippen LogP contribution in [0.5, 0.6) is 5.75 Å². The van der Waals surface area contributed by atoms with Gasteiger partial charge in [0, 0.05) is 30.8 Å². The van der Waals surface area contributed by atoms with Gasteiger partial charge in [-0.25, -0.2) is 9.97 Å². The van der Waals surface area contributed by atoms with Crippen LogP contribution in [0.1, 0.15) is 59.3 Å². The quantitative estimate of drug-likeness (QED) is 0.589. The van der Waals surface area contributed by atoms with Crippen molar-refractivity contribution in [3.05, 3.63) is 53.5 Å². The zero-order valence-corrected chi connectivity index (χ0v) is 18.6. The van der Waals surface area contributed by atoms with Gasteiger partial charge in [-0.15, -0.1) is 13.2 Å². The van der Waals surface area contributed by atoms with Gasteiger partial charge in [-0.2, -0.15) is 0 Å². The predicted molar refractivity (Wildman–Crippen MR) is 120 cm³/mol. The zero-order chi connectivity index (χ0) is 23.7. The van der Waals surface area contributed by atoms with Crippen molar-refractivity contribution in [3.8, 4) is 5.75 Å². The number of nitrogens with zero attached hydrogens (tertiary/aromatic N) is 3. The van der Waals surface area contributed by atoms with Crippen LogP contribution >= 0.6 is 0 Å². The summed E-state index contributed by atoms with van der Waals surface area (Å²) < 4.78 is 40.9. The Bertz CT molecular complexity index is 1150. The fourth-order valence-corrected chi connectivity index (χ4v) is 4.95. The molecule has 2 fully saturated rings. The summed E-state index contributed by atoms with van der Waals surface area (Å²) in [5, 5.41) is 3.38. The molecule has 2 N–H and O–H groups in total. The average Bonchev–Trinajstić information content (AvgIpc) is 3.28. The largest absolute Gasteiger partial charge is 0.573 e. The van der Waals surface area contributed by atoms with Crippen LogP contribution in [0.3, 0.4) is 0 Å². The van der Waals surface area contributed by atoms with Crippen LogP contribution in [-0.2, 0) is 0 Å². The normalized spacial score (nSPS) is 18.4. The molecule has 0 unspecified atom stereocenters. The number of alkyl halides is 3. The Kier molecular flexibility index (Phi) is 6.16. The van der Waals surface area contributed by atoms with Gasteiger partial charge in [-0.1, -0.05) is 0 Å². The Morgan fingerprint density at radius 1 is 1.00 bits per heavy atom. The number of nitrogens with one attached hydrogen (secondary N) is 2. The number of fused-ring (bicyclic) bond motifs is 1. The van der Waals surface area contributed by atoms with E-state index in [2.05, 4.69) is 20.0 Å². The van der Waals surface area contributed by atoms with Crippen molar-refractivity contribution in [3.63, 3.8) is 0 Å². The standard InChI is InChI=1S/C24H26F3N5O2/c25-24(26,27)34-18-3-1-17(2-4-18)23(33)32-13-8-15(9-14-32)19-7-12-29-22-20(19)30-21(31-22)16-5-10-28-11-6-16/h1-4,7,12,15-16,28H,5-6,8-11,13-14H2,(H,29,30,31). The van der Waals surface area contributed by atoms with Crippen LogP contribution in [0.25, 0.3) is 11.2 Å². The first-order valence-electron chi connectivity index (χ1n) is 11.6. The van der Waals surface area contributed by atoms with E-state index in [1.54, 1.807) is 11.1 Å². The molecule has 1 amide bonds. The van der Waals surface area contributed by atoms with Crippen LogP contribution < -0.4 is 10.1 Å². The lowest BCUT2D eigenvalue weighted by atomic mass is 9.89. The van der Waals surface area contributed by atoms with Gasteiger partial charge in [-0.05, 0) is 80.6 Å². The van der Waals surface area contributed by atoms with E-state index in [9.17, 15) is 18.0 Å². The van der Waals surface area contributed by atoms with E-state index in [-0.39, 0.29) is 17.6 Å². The van der Waals surface area contributed by atoms with Gasteiger partial charge in [0.25, 0.3) is 5.91 Å². The maximum atomic E-state index is 12.9. The Hall–Kier alpha value is -3.14. The number of amides is 1. The minimum atomic E-state index is -4.76. The molecule has 180 valence electrons. The third-order valence-electron chi connectivity index (χ3n) is 6.73. The molecule has 2 aliphatic rings. The van der Waals surface area contributed by atoms with Crippen LogP contribution in [0.2, 0.25) is 0 Å². The Morgan fingerprint density at radius 3 is 2.38 bits per heavy atom. The van der Waals surface area contributed by atoms with Crippen LogP contribution in [-0.4, -0.2) is 58.3 Å². The highest BCUT2D eigenvalue weighted by molar-refractivity contribution is 5.94. The summed E-state index contributed by atoms with van der Waals surface area (Å²) in [6.07, 6.45) is 0.739. The fraction of sp³-hybridized carbons (Fsp3) is 0.458. The van der Waals surface area contributed by atoms with E-state index in [1.807, 2.05) is 6.07 Å². The van der Waals surface area contributed by atoms with E-state index in [4.69, 9.17) is 4.98 Å². The molecule has 2 aromatic heterocycles. The topological polar surface area (TPSA) is 83.1 Å². The molecular weight excluding hydrogens is 447 g/mol. The average molecular weight is 473 g/mol. The van der Waals surface area contributed by atoms with Crippen LogP contribution in [0, 0.1) is 0 Å². The van der Waals surface area contributed by atoms with Gasteiger partial charge in [0.1, 0.15) is 11.6 Å². The number of carbonyl (C=O) groups excluding carboxylic acids is 1. The summed E-state index contributed by atoms with van der Waals surface area (Å²) in [6, 6.07) is 7.11. The molecule has 0 atom stereocenters. The molecule has 0 spiro atoms. The number of benzene rings is 1. The van der Waals surface area contributed by atoms with E-state index in [0.717, 1.165) is 55.8 Å². The highest BCUT2D eigenvalue weighted by atomic mass is 19.4. The lowest BCUT2D eigenvalue weighted by Crippen LogP contribution is -2.38. The van der Waals surface area contributed by atoms with Crippen LogP contribution in [0.4, 0.5) is 13.2 Å². The van der Waals surface area contributed by atoms with Crippen molar-refractivity contribution < 1.29 is 22.7 Å². The molecule has 2 saturated heterocycles. The van der Waals surface area contributed by atoms with Crippen molar-refractivity contribution in [1.29, 1.82) is 0 Å². The highest BCUT2D eigenvalue weighted by Gasteiger charge is 2.31. The number of hydrogen-bond acceptors (Lipinski definition) is 5. The molecule has 5 rings (SSSR count). The second-order valence-corrected chi connectivity index (χ2v) is 8.88. The van der Waals surface area contributed by atoms with Crippen molar-refractivity contribution in [2.24, 2.45) is 0 Å². The monoisotopic (exact) mass is 473 g/mol. The van der Waals surface area contributed by atoms with E-state index in [1.165, 1.54) is 29.8 Å². The minimum Gasteiger partial charge on any atom is -0.406 e. The third kappa shape index (κ3) is 4.86. The van der Waals surface area contributed by atoms with Crippen molar-refractivity contribution in [1.82, 2.24) is 25.2 Å². The predicted octanol–water partition coefficient (Wildman–Crippen LogP) is 4.34. The Labute approximate surface area is 194 Å². The van der Waals surface area contributed by atoms with Gasteiger partial charge < -0.3 is 19.9 Å². The number of rotatable bonds is 4. The van der Waals surface area contributed by atoms with Gasteiger partial charge in [0.15, 0.2) is 5.65 Å². The molecule has 7 nitrogen and oxygen atoms in total. The number of aromatic amines is 1. The van der Waals surface area contributed by atoms with E-state index in [0.29, 0.717) is 24.6 Å². The number of hydrogen-bond donors (Lipinski definition) is 2. The number of likely N-dealkylation sites (tertiary alicyclic amines) is 1.